The van der Waals surface area contributed by atoms with Crippen LogP contribution in [-0.4, -0.2) is 23.4 Å². The lowest BCUT2D eigenvalue weighted by molar-refractivity contribution is -0.132. The third-order valence-electron chi connectivity index (χ3n) is 2.44. The number of hydrogen-bond donors (Lipinski definition) is 1. The molecule has 0 saturated heterocycles. The summed E-state index contributed by atoms with van der Waals surface area (Å²) in [7, 11) is 0. The van der Waals surface area contributed by atoms with Gasteiger partial charge in [0.25, 0.3) is 0 Å². The molecule has 0 saturated carbocycles. The molecule has 0 aliphatic rings. The minimum Gasteiger partial charge on any atom is -0.337 e. The quantitative estimate of drug-likeness (QED) is 0.872. The maximum atomic E-state index is 13.0. The van der Waals surface area contributed by atoms with Gasteiger partial charge in [-0.25, -0.2) is 8.78 Å². The summed E-state index contributed by atoms with van der Waals surface area (Å²) in [6.45, 7) is 4.10. The standard InChI is InChI=1S/C12H16F2N2O/c1-3-16(12(17)8(2)15)7-9-4-5-10(13)11(14)6-9/h4-6,8H,3,7,15H2,1-2H3/t8-/m1/s1. The van der Waals surface area contributed by atoms with Crippen molar-refractivity contribution in [2.45, 2.75) is 26.4 Å². The molecule has 0 aliphatic heterocycles. The van der Waals surface area contributed by atoms with Crippen molar-refractivity contribution >= 4 is 5.91 Å². The molecule has 1 aromatic rings. The summed E-state index contributed by atoms with van der Waals surface area (Å²) in [5.74, 6) is -2.01. The zero-order valence-electron chi connectivity index (χ0n) is 9.91. The molecule has 0 aromatic heterocycles. The highest BCUT2D eigenvalue weighted by molar-refractivity contribution is 5.81. The summed E-state index contributed by atoms with van der Waals surface area (Å²) in [6.07, 6.45) is 0. The summed E-state index contributed by atoms with van der Waals surface area (Å²) >= 11 is 0. The summed E-state index contributed by atoms with van der Waals surface area (Å²) in [6, 6.07) is 3.00. The average molecular weight is 242 g/mol. The first-order chi connectivity index (χ1) is 7.95. The van der Waals surface area contributed by atoms with Gasteiger partial charge < -0.3 is 10.6 Å². The molecule has 0 heterocycles. The van der Waals surface area contributed by atoms with Crippen molar-refractivity contribution in [3.63, 3.8) is 0 Å². The van der Waals surface area contributed by atoms with Crippen LogP contribution in [0.15, 0.2) is 18.2 Å². The second-order valence-electron chi connectivity index (χ2n) is 3.89. The van der Waals surface area contributed by atoms with Gasteiger partial charge in [-0.15, -0.1) is 0 Å². The van der Waals surface area contributed by atoms with Gasteiger partial charge >= 0.3 is 0 Å². The molecule has 2 N–H and O–H groups in total. The van der Waals surface area contributed by atoms with E-state index in [9.17, 15) is 13.6 Å². The molecule has 0 spiro atoms. The van der Waals surface area contributed by atoms with Crippen molar-refractivity contribution in [2.24, 2.45) is 5.73 Å². The van der Waals surface area contributed by atoms with Crippen LogP contribution in [0, 0.1) is 11.6 Å². The van der Waals surface area contributed by atoms with E-state index in [1.807, 2.05) is 0 Å². The highest BCUT2D eigenvalue weighted by Crippen LogP contribution is 2.11. The number of carbonyl (C=O) groups is 1. The Bertz CT molecular complexity index is 407. The van der Waals surface area contributed by atoms with Crippen molar-refractivity contribution in [3.8, 4) is 0 Å². The molecule has 1 rings (SSSR count). The van der Waals surface area contributed by atoms with E-state index in [-0.39, 0.29) is 12.5 Å². The first-order valence-corrected chi connectivity index (χ1v) is 5.44. The number of nitrogens with zero attached hydrogens (tertiary/aromatic N) is 1. The molecular formula is C12H16F2N2O. The van der Waals surface area contributed by atoms with E-state index in [2.05, 4.69) is 0 Å². The van der Waals surface area contributed by atoms with Crippen LogP contribution in [0.1, 0.15) is 19.4 Å². The van der Waals surface area contributed by atoms with Gasteiger partial charge in [-0.2, -0.15) is 0 Å². The number of rotatable bonds is 4. The van der Waals surface area contributed by atoms with Crippen molar-refractivity contribution in [3.05, 3.63) is 35.4 Å². The number of carbonyl (C=O) groups excluding carboxylic acids is 1. The number of hydrogen-bond acceptors (Lipinski definition) is 2. The normalized spacial score (nSPS) is 12.3. The number of nitrogens with two attached hydrogens (primary N) is 1. The molecule has 17 heavy (non-hydrogen) atoms. The van der Waals surface area contributed by atoms with E-state index >= 15 is 0 Å². The third-order valence-corrected chi connectivity index (χ3v) is 2.44. The molecule has 5 heteroatoms. The Labute approximate surface area is 99.2 Å². The fraction of sp³-hybridized carbons (Fsp3) is 0.417. The molecule has 1 aromatic carbocycles. The van der Waals surface area contributed by atoms with Crippen LogP contribution in [0.5, 0.6) is 0 Å². The lowest BCUT2D eigenvalue weighted by atomic mass is 10.2. The lowest BCUT2D eigenvalue weighted by Crippen LogP contribution is -2.41. The Hall–Kier alpha value is -1.49. The monoisotopic (exact) mass is 242 g/mol. The van der Waals surface area contributed by atoms with Crippen molar-refractivity contribution in [2.75, 3.05) is 6.54 Å². The van der Waals surface area contributed by atoms with Gasteiger partial charge in [0, 0.05) is 13.1 Å². The Morgan fingerprint density at radius 2 is 2.06 bits per heavy atom. The van der Waals surface area contributed by atoms with Crippen molar-refractivity contribution in [1.82, 2.24) is 4.90 Å². The van der Waals surface area contributed by atoms with Crippen LogP contribution in [0.4, 0.5) is 8.78 Å². The maximum absolute atomic E-state index is 13.0. The van der Waals surface area contributed by atoms with Gasteiger partial charge in [0.1, 0.15) is 0 Å². The van der Waals surface area contributed by atoms with Crippen LogP contribution in [0.3, 0.4) is 0 Å². The summed E-state index contributed by atoms with van der Waals surface area (Å²) in [5, 5.41) is 0. The minimum absolute atomic E-state index is 0.211. The second-order valence-corrected chi connectivity index (χ2v) is 3.89. The fourth-order valence-corrected chi connectivity index (χ4v) is 1.49. The molecule has 0 bridgehead atoms. The molecule has 1 amide bonds. The number of benzene rings is 1. The fourth-order valence-electron chi connectivity index (χ4n) is 1.49. The van der Waals surface area contributed by atoms with Crippen molar-refractivity contribution in [1.29, 1.82) is 0 Å². The number of likely N-dealkylation sites (N-methyl/N-ethyl adjacent to an activating group) is 1. The first-order valence-electron chi connectivity index (χ1n) is 5.44. The first kappa shape index (κ1) is 13.6. The minimum atomic E-state index is -0.910. The van der Waals surface area contributed by atoms with Gasteiger partial charge in [-0.1, -0.05) is 6.07 Å². The SMILES string of the molecule is CCN(Cc1ccc(F)c(F)c1)C(=O)[C@@H](C)N. The highest BCUT2D eigenvalue weighted by Gasteiger charge is 2.16. The summed E-state index contributed by atoms with van der Waals surface area (Å²) in [4.78, 5) is 13.2. The molecular weight excluding hydrogens is 226 g/mol. The van der Waals surface area contributed by atoms with E-state index in [0.29, 0.717) is 12.1 Å². The van der Waals surface area contributed by atoms with Gasteiger partial charge in [0.15, 0.2) is 11.6 Å². The van der Waals surface area contributed by atoms with E-state index in [0.717, 1.165) is 12.1 Å². The Morgan fingerprint density at radius 3 is 2.53 bits per heavy atom. The van der Waals surface area contributed by atoms with Gasteiger partial charge in [-0.3, -0.25) is 4.79 Å². The smallest absolute Gasteiger partial charge is 0.239 e. The predicted octanol–water partition coefficient (Wildman–Crippen LogP) is 1.66. The maximum Gasteiger partial charge on any atom is 0.239 e. The zero-order valence-corrected chi connectivity index (χ0v) is 9.91. The zero-order chi connectivity index (χ0) is 13.0. The van der Waals surface area contributed by atoms with Gasteiger partial charge in [0.05, 0.1) is 6.04 Å². The van der Waals surface area contributed by atoms with Crippen LogP contribution in [-0.2, 0) is 11.3 Å². The van der Waals surface area contributed by atoms with Crippen LogP contribution < -0.4 is 5.73 Å². The predicted molar refractivity (Wildman–Crippen MR) is 61.1 cm³/mol. The average Bonchev–Trinajstić information content (AvgIpc) is 2.29. The van der Waals surface area contributed by atoms with E-state index in [1.165, 1.54) is 11.0 Å². The van der Waals surface area contributed by atoms with Crippen LogP contribution in [0.25, 0.3) is 0 Å². The lowest BCUT2D eigenvalue weighted by Gasteiger charge is -2.22. The van der Waals surface area contributed by atoms with E-state index in [1.54, 1.807) is 13.8 Å². The molecule has 0 aliphatic carbocycles. The summed E-state index contributed by atoms with van der Waals surface area (Å²) < 4.78 is 25.7. The molecule has 0 unspecified atom stereocenters. The van der Waals surface area contributed by atoms with Crippen LogP contribution in [0.2, 0.25) is 0 Å². The number of halogens is 2. The molecule has 0 radical (unpaired) electrons. The van der Waals surface area contributed by atoms with Gasteiger partial charge in [0.2, 0.25) is 5.91 Å². The van der Waals surface area contributed by atoms with E-state index in [4.69, 9.17) is 5.73 Å². The Kier molecular flexibility index (Phi) is 4.57. The van der Waals surface area contributed by atoms with Crippen molar-refractivity contribution < 1.29 is 13.6 Å². The highest BCUT2D eigenvalue weighted by atomic mass is 19.2. The molecule has 94 valence electrons. The Balaban J connectivity index is 2.80. The van der Waals surface area contributed by atoms with E-state index < -0.39 is 17.7 Å². The second kappa shape index (κ2) is 5.72. The summed E-state index contributed by atoms with van der Waals surface area (Å²) in [5.41, 5.74) is 6.04. The largest absolute Gasteiger partial charge is 0.337 e. The topological polar surface area (TPSA) is 46.3 Å². The Morgan fingerprint density at radius 1 is 1.41 bits per heavy atom. The molecule has 3 nitrogen and oxygen atoms in total. The molecule has 1 atom stereocenters. The number of amides is 1. The molecule has 0 fully saturated rings. The third kappa shape index (κ3) is 3.49. The van der Waals surface area contributed by atoms with Gasteiger partial charge in [-0.05, 0) is 31.5 Å². The van der Waals surface area contributed by atoms with Crippen LogP contribution >= 0.6 is 0 Å².